The number of hydrogen-bond acceptors (Lipinski definition) is 6. The number of carbonyl (C=O) groups excluding carboxylic acids is 2. The topological polar surface area (TPSA) is 67.9 Å². The summed E-state index contributed by atoms with van der Waals surface area (Å²) in [6, 6.07) is 16.9. The smallest absolute Gasteiger partial charge is 0.416 e. The van der Waals surface area contributed by atoms with E-state index in [4.69, 9.17) is 21.7 Å². The van der Waals surface area contributed by atoms with E-state index in [2.05, 4.69) is 5.32 Å². The number of benzene rings is 3. The lowest BCUT2D eigenvalue weighted by Gasteiger charge is -2.16. The van der Waals surface area contributed by atoms with Gasteiger partial charge in [-0.1, -0.05) is 61.2 Å². The van der Waals surface area contributed by atoms with Crippen LogP contribution in [0.5, 0.6) is 11.5 Å². The standard InChI is InChI=1S/C29H25F3N2O4S2/c1-3-19-8-5-6-11-22(19)33-26(35)17-38-23-13-12-18(14-24(23)37-4-2)15-25-27(36)34(28(39)40-25)21-10-7-9-20(16-21)29(30,31)32/h5-16H,3-4,17H2,1-2H3,(H,33,35)/b25-15-. The number of hydrogen-bond donors (Lipinski definition) is 1. The van der Waals surface area contributed by atoms with E-state index >= 15 is 0 Å². The third-order valence-electron chi connectivity index (χ3n) is 5.82. The van der Waals surface area contributed by atoms with Crippen molar-refractivity contribution in [2.45, 2.75) is 26.4 Å². The van der Waals surface area contributed by atoms with Gasteiger partial charge in [0.05, 0.1) is 22.8 Å². The molecule has 0 aliphatic carbocycles. The number of para-hydroxylation sites is 1. The van der Waals surface area contributed by atoms with Gasteiger partial charge in [-0.25, -0.2) is 0 Å². The summed E-state index contributed by atoms with van der Waals surface area (Å²) in [5, 5.41) is 2.85. The van der Waals surface area contributed by atoms with Crippen molar-refractivity contribution in [2.75, 3.05) is 23.4 Å². The Bertz CT molecular complexity index is 1470. The Morgan fingerprint density at radius 3 is 2.52 bits per heavy atom. The molecular formula is C29H25F3N2O4S2. The molecule has 1 heterocycles. The van der Waals surface area contributed by atoms with E-state index in [1.54, 1.807) is 31.2 Å². The number of anilines is 2. The van der Waals surface area contributed by atoms with Gasteiger partial charge in [0.15, 0.2) is 22.4 Å². The summed E-state index contributed by atoms with van der Waals surface area (Å²) >= 11 is 6.29. The van der Waals surface area contributed by atoms with Gasteiger partial charge in [0.25, 0.3) is 11.8 Å². The van der Waals surface area contributed by atoms with Crippen LogP contribution >= 0.6 is 24.0 Å². The number of nitrogens with one attached hydrogen (secondary N) is 1. The van der Waals surface area contributed by atoms with Crippen molar-refractivity contribution in [3.8, 4) is 11.5 Å². The van der Waals surface area contributed by atoms with Crippen molar-refractivity contribution < 1.29 is 32.2 Å². The predicted molar refractivity (Wildman–Crippen MR) is 155 cm³/mol. The fourth-order valence-electron chi connectivity index (χ4n) is 3.95. The van der Waals surface area contributed by atoms with Crippen molar-refractivity contribution in [3.63, 3.8) is 0 Å². The van der Waals surface area contributed by atoms with Gasteiger partial charge in [-0.2, -0.15) is 13.2 Å². The van der Waals surface area contributed by atoms with E-state index in [9.17, 15) is 22.8 Å². The molecule has 6 nitrogen and oxygen atoms in total. The summed E-state index contributed by atoms with van der Waals surface area (Å²) in [5.41, 5.74) is 1.49. The fraction of sp³-hybridized carbons (Fsp3) is 0.207. The molecule has 0 aromatic heterocycles. The second kappa shape index (κ2) is 12.6. The molecule has 0 bridgehead atoms. The molecule has 2 amide bonds. The summed E-state index contributed by atoms with van der Waals surface area (Å²) in [7, 11) is 0. The first kappa shape index (κ1) is 29.2. The van der Waals surface area contributed by atoms with Crippen LogP contribution in [0, 0.1) is 0 Å². The molecule has 1 N–H and O–H groups in total. The molecule has 3 aromatic carbocycles. The highest BCUT2D eigenvalue weighted by Gasteiger charge is 2.36. The van der Waals surface area contributed by atoms with Crippen LogP contribution in [-0.2, 0) is 22.2 Å². The summed E-state index contributed by atoms with van der Waals surface area (Å²) in [5.74, 6) is -0.150. The number of halogens is 3. The first-order valence-electron chi connectivity index (χ1n) is 12.3. The highest BCUT2D eigenvalue weighted by molar-refractivity contribution is 8.27. The summed E-state index contributed by atoms with van der Waals surface area (Å²) < 4.78 is 51.1. The molecule has 0 unspecified atom stereocenters. The number of alkyl halides is 3. The molecule has 208 valence electrons. The predicted octanol–water partition coefficient (Wildman–Crippen LogP) is 7.09. The van der Waals surface area contributed by atoms with Gasteiger partial charge in [0.1, 0.15) is 0 Å². The first-order valence-corrected chi connectivity index (χ1v) is 13.6. The molecule has 0 radical (unpaired) electrons. The Morgan fingerprint density at radius 1 is 1.02 bits per heavy atom. The lowest BCUT2D eigenvalue weighted by atomic mass is 10.1. The van der Waals surface area contributed by atoms with Gasteiger partial charge in [0, 0.05) is 5.69 Å². The van der Waals surface area contributed by atoms with Gasteiger partial charge >= 0.3 is 6.18 Å². The second-order valence-corrected chi connectivity index (χ2v) is 10.2. The molecule has 4 rings (SSSR count). The van der Waals surface area contributed by atoms with Crippen LogP contribution in [0.15, 0.2) is 71.6 Å². The van der Waals surface area contributed by atoms with E-state index in [0.717, 1.165) is 46.5 Å². The fourth-order valence-corrected chi connectivity index (χ4v) is 5.24. The van der Waals surface area contributed by atoms with E-state index < -0.39 is 17.6 Å². The van der Waals surface area contributed by atoms with Crippen LogP contribution in [0.4, 0.5) is 24.5 Å². The van der Waals surface area contributed by atoms with Crippen molar-refractivity contribution in [1.29, 1.82) is 0 Å². The molecule has 0 saturated carbocycles. The molecule has 1 saturated heterocycles. The number of rotatable bonds is 9. The minimum absolute atomic E-state index is 0.0410. The zero-order valence-corrected chi connectivity index (χ0v) is 23.2. The van der Waals surface area contributed by atoms with Crippen LogP contribution in [0.1, 0.15) is 30.5 Å². The maximum Gasteiger partial charge on any atom is 0.416 e. The Hall–Kier alpha value is -3.83. The average molecular weight is 587 g/mol. The van der Waals surface area contributed by atoms with Gasteiger partial charge in [0.2, 0.25) is 0 Å². The summed E-state index contributed by atoms with van der Waals surface area (Å²) in [4.78, 5) is 26.9. The quantitative estimate of drug-likeness (QED) is 0.213. The molecule has 0 atom stereocenters. The largest absolute Gasteiger partial charge is 0.490 e. The van der Waals surface area contributed by atoms with E-state index in [-0.39, 0.29) is 27.4 Å². The number of nitrogens with zero attached hydrogens (tertiary/aromatic N) is 1. The molecule has 11 heteroatoms. The van der Waals surface area contributed by atoms with E-state index in [0.29, 0.717) is 23.7 Å². The van der Waals surface area contributed by atoms with Crippen molar-refractivity contribution >= 4 is 57.6 Å². The highest BCUT2D eigenvalue weighted by Crippen LogP contribution is 2.39. The monoisotopic (exact) mass is 586 g/mol. The Balaban J connectivity index is 1.49. The SMILES string of the molecule is CCOc1cc(/C=C2\SC(=S)N(c3cccc(C(F)(F)F)c3)C2=O)ccc1OCC(=O)Nc1ccccc1CC. The van der Waals surface area contributed by atoms with Crippen LogP contribution in [-0.4, -0.2) is 29.3 Å². The first-order chi connectivity index (χ1) is 19.1. The van der Waals surface area contributed by atoms with E-state index in [1.165, 1.54) is 12.1 Å². The van der Waals surface area contributed by atoms with Gasteiger partial charge < -0.3 is 14.8 Å². The van der Waals surface area contributed by atoms with Crippen LogP contribution in [0.2, 0.25) is 0 Å². The van der Waals surface area contributed by atoms with Gasteiger partial charge in [-0.3, -0.25) is 14.5 Å². The van der Waals surface area contributed by atoms with Crippen molar-refractivity contribution in [2.24, 2.45) is 0 Å². The van der Waals surface area contributed by atoms with Crippen molar-refractivity contribution in [3.05, 3.63) is 88.3 Å². The molecule has 40 heavy (non-hydrogen) atoms. The van der Waals surface area contributed by atoms with E-state index in [1.807, 2.05) is 31.2 Å². The number of ether oxygens (including phenoxy) is 2. The third kappa shape index (κ3) is 6.83. The summed E-state index contributed by atoms with van der Waals surface area (Å²) in [6.07, 6.45) is -2.20. The third-order valence-corrected chi connectivity index (χ3v) is 7.12. The highest BCUT2D eigenvalue weighted by atomic mass is 32.2. The molecular weight excluding hydrogens is 561 g/mol. The minimum Gasteiger partial charge on any atom is -0.490 e. The number of carbonyl (C=O) groups is 2. The molecule has 0 spiro atoms. The molecule has 1 aliphatic heterocycles. The van der Waals surface area contributed by atoms with Crippen LogP contribution < -0.4 is 19.7 Å². The molecule has 1 fully saturated rings. The summed E-state index contributed by atoms with van der Waals surface area (Å²) in [6.45, 7) is 3.88. The Kier molecular flexibility index (Phi) is 9.16. The average Bonchev–Trinajstić information content (AvgIpc) is 3.20. The number of thiocarbonyl (C=S) groups is 1. The lowest BCUT2D eigenvalue weighted by molar-refractivity contribution is -0.137. The Morgan fingerprint density at radius 2 is 1.80 bits per heavy atom. The second-order valence-electron chi connectivity index (χ2n) is 8.55. The van der Waals surface area contributed by atoms with Crippen molar-refractivity contribution in [1.82, 2.24) is 0 Å². The maximum atomic E-state index is 13.2. The van der Waals surface area contributed by atoms with Gasteiger partial charge in [-0.15, -0.1) is 0 Å². The maximum absolute atomic E-state index is 13.2. The number of aryl methyl sites for hydroxylation is 1. The minimum atomic E-state index is -4.55. The zero-order chi connectivity index (χ0) is 28.9. The Labute approximate surface area is 239 Å². The van der Waals surface area contributed by atoms with Crippen LogP contribution in [0.25, 0.3) is 6.08 Å². The zero-order valence-electron chi connectivity index (χ0n) is 21.6. The van der Waals surface area contributed by atoms with Crippen LogP contribution in [0.3, 0.4) is 0 Å². The number of thioether (sulfide) groups is 1. The molecule has 1 aliphatic rings. The number of amides is 2. The molecule has 3 aromatic rings. The van der Waals surface area contributed by atoms with Gasteiger partial charge in [-0.05, 0) is 66.9 Å². The normalized spacial score (nSPS) is 14.5. The lowest BCUT2D eigenvalue weighted by Crippen LogP contribution is -2.27.